The lowest BCUT2D eigenvalue weighted by Gasteiger charge is -2.22. The second kappa shape index (κ2) is 8.62. The fourth-order valence-electron chi connectivity index (χ4n) is 3.05. The minimum atomic E-state index is -0.199. The molecule has 0 spiro atoms. The fraction of sp³-hybridized carbons (Fsp3) is 0.300. The van der Waals surface area contributed by atoms with Crippen molar-refractivity contribution in [2.75, 3.05) is 18.5 Å². The summed E-state index contributed by atoms with van der Waals surface area (Å²) in [6, 6.07) is 11.6. The first-order valence-electron chi connectivity index (χ1n) is 9.30. The van der Waals surface area contributed by atoms with Gasteiger partial charge in [0.05, 0.1) is 6.33 Å². The maximum atomic E-state index is 12.3. The predicted molar refractivity (Wildman–Crippen MR) is 104 cm³/mol. The number of imidazole rings is 1. The van der Waals surface area contributed by atoms with Crippen LogP contribution in [0.2, 0.25) is 0 Å². The van der Waals surface area contributed by atoms with Gasteiger partial charge in [0.25, 0.3) is 5.91 Å². The zero-order valence-electron chi connectivity index (χ0n) is 15.4. The van der Waals surface area contributed by atoms with Crippen molar-refractivity contribution in [1.82, 2.24) is 25.1 Å². The van der Waals surface area contributed by atoms with Crippen LogP contribution in [0.3, 0.4) is 0 Å². The standard InChI is InChI=1S/C20H22N6O2/c27-20(23-17-7-11-28-12-8-17)18-5-6-19(25-24-18)22-16-3-1-15(2-4-16)13-26-10-9-21-14-26/h1-6,9-10,14,17H,7-8,11-13H2,(H,22,25)(H,23,27). The van der Waals surface area contributed by atoms with Crippen molar-refractivity contribution >= 4 is 17.4 Å². The Morgan fingerprint density at radius 1 is 1.11 bits per heavy atom. The summed E-state index contributed by atoms with van der Waals surface area (Å²) in [6.45, 7) is 2.14. The number of nitrogens with one attached hydrogen (secondary N) is 2. The Bertz CT molecular complexity index is 887. The van der Waals surface area contributed by atoms with Crippen LogP contribution in [0.15, 0.2) is 55.1 Å². The van der Waals surface area contributed by atoms with Crippen LogP contribution in [0, 0.1) is 0 Å². The van der Waals surface area contributed by atoms with Gasteiger partial charge in [-0.05, 0) is 42.7 Å². The SMILES string of the molecule is O=C(NC1CCOCC1)c1ccc(Nc2ccc(Cn3ccnc3)cc2)nn1. The van der Waals surface area contributed by atoms with Gasteiger partial charge in [0.2, 0.25) is 0 Å². The molecular weight excluding hydrogens is 356 g/mol. The van der Waals surface area contributed by atoms with E-state index in [1.165, 1.54) is 5.56 Å². The lowest BCUT2D eigenvalue weighted by molar-refractivity contribution is 0.0693. The third-order valence-corrected chi connectivity index (χ3v) is 4.60. The molecule has 4 rings (SSSR count). The molecule has 2 aromatic heterocycles. The van der Waals surface area contributed by atoms with E-state index in [4.69, 9.17) is 4.74 Å². The smallest absolute Gasteiger partial charge is 0.272 e. The van der Waals surface area contributed by atoms with Crippen LogP contribution in [0.4, 0.5) is 11.5 Å². The number of rotatable bonds is 6. The molecule has 0 radical (unpaired) electrons. The molecule has 2 N–H and O–H groups in total. The third-order valence-electron chi connectivity index (χ3n) is 4.60. The van der Waals surface area contributed by atoms with Gasteiger partial charge < -0.3 is 19.9 Å². The molecule has 0 unspecified atom stereocenters. The van der Waals surface area contributed by atoms with Gasteiger partial charge in [-0.3, -0.25) is 4.79 Å². The van der Waals surface area contributed by atoms with E-state index in [2.05, 4.69) is 25.8 Å². The second-order valence-corrected chi connectivity index (χ2v) is 6.72. The van der Waals surface area contributed by atoms with Crippen LogP contribution < -0.4 is 10.6 Å². The van der Waals surface area contributed by atoms with E-state index >= 15 is 0 Å². The van der Waals surface area contributed by atoms with Crippen LogP contribution in [0.1, 0.15) is 28.9 Å². The van der Waals surface area contributed by atoms with Crippen LogP contribution in [-0.4, -0.2) is 44.9 Å². The van der Waals surface area contributed by atoms with Gasteiger partial charge in [-0.15, -0.1) is 10.2 Å². The average molecular weight is 378 g/mol. The molecule has 1 aromatic carbocycles. The largest absolute Gasteiger partial charge is 0.381 e. The second-order valence-electron chi connectivity index (χ2n) is 6.72. The number of hydrogen-bond acceptors (Lipinski definition) is 6. The van der Waals surface area contributed by atoms with E-state index in [0.717, 1.165) is 25.1 Å². The Morgan fingerprint density at radius 3 is 2.61 bits per heavy atom. The number of aromatic nitrogens is 4. The van der Waals surface area contributed by atoms with Gasteiger partial charge in [-0.2, -0.15) is 0 Å². The number of anilines is 2. The van der Waals surface area contributed by atoms with Gasteiger partial charge in [0.15, 0.2) is 11.5 Å². The van der Waals surface area contributed by atoms with Crippen molar-refractivity contribution in [1.29, 1.82) is 0 Å². The highest BCUT2D eigenvalue weighted by Gasteiger charge is 2.18. The predicted octanol–water partition coefficient (Wildman–Crippen LogP) is 2.37. The molecule has 1 aliphatic rings. The van der Waals surface area contributed by atoms with Crippen molar-refractivity contribution in [2.24, 2.45) is 0 Å². The summed E-state index contributed by atoms with van der Waals surface area (Å²) in [4.78, 5) is 16.3. The Balaban J connectivity index is 1.33. The minimum Gasteiger partial charge on any atom is -0.381 e. The Labute approximate surface area is 163 Å². The fourth-order valence-corrected chi connectivity index (χ4v) is 3.05. The van der Waals surface area contributed by atoms with Crippen LogP contribution in [0.5, 0.6) is 0 Å². The molecule has 3 heterocycles. The van der Waals surface area contributed by atoms with Gasteiger partial charge in [0.1, 0.15) is 0 Å². The molecule has 1 amide bonds. The van der Waals surface area contributed by atoms with Crippen LogP contribution >= 0.6 is 0 Å². The molecular formula is C20H22N6O2. The molecule has 1 aliphatic heterocycles. The summed E-state index contributed by atoms with van der Waals surface area (Å²) >= 11 is 0. The first kappa shape index (κ1) is 18.1. The zero-order valence-corrected chi connectivity index (χ0v) is 15.4. The number of nitrogens with zero attached hydrogens (tertiary/aromatic N) is 4. The maximum Gasteiger partial charge on any atom is 0.272 e. The van der Waals surface area contributed by atoms with Gasteiger partial charge >= 0.3 is 0 Å². The molecule has 0 saturated carbocycles. The molecule has 3 aromatic rings. The van der Waals surface area contributed by atoms with Crippen molar-refractivity contribution in [2.45, 2.75) is 25.4 Å². The quantitative estimate of drug-likeness (QED) is 0.684. The summed E-state index contributed by atoms with van der Waals surface area (Å²) in [5, 5.41) is 14.3. The topological polar surface area (TPSA) is 94.0 Å². The molecule has 8 nitrogen and oxygen atoms in total. The number of hydrogen-bond donors (Lipinski definition) is 2. The third kappa shape index (κ3) is 4.72. The molecule has 144 valence electrons. The minimum absolute atomic E-state index is 0.140. The lowest BCUT2D eigenvalue weighted by atomic mass is 10.1. The number of amides is 1. The van der Waals surface area contributed by atoms with E-state index in [-0.39, 0.29) is 11.9 Å². The van der Waals surface area contributed by atoms with Gasteiger partial charge in [-0.1, -0.05) is 12.1 Å². The zero-order chi connectivity index (χ0) is 19.2. The van der Waals surface area contributed by atoms with Crippen molar-refractivity contribution in [3.8, 4) is 0 Å². The first-order chi connectivity index (χ1) is 13.8. The van der Waals surface area contributed by atoms with Crippen molar-refractivity contribution in [3.05, 3.63) is 66.4 Å². The monoisotopic (exact) mass is 378 g/mol. The first-order valence-corrected chi connectivity index (χ1v) is 9.30. The molecule has 0 aliphatic carbocycles. The van der Waals surface area contributed by atoms with Crippen LogP contribution in [0.25, 0.3) is 0 Å². The van der Waals surface area contributed by atoms with Crippen molar-refractivity contribution in [3.63, 3.8) is 0 Å². The highest BCUT2D eigenvalue weighted by atomic mass is 16.5. The lowest BCUT2D eigenvalue weighted by Crippen LogP contribution is -2.39. The van der Waals surface area contributed by atoms with Gasteiger partial charge in [0, 0.05) is 43.9 Å². The summed E-state index contributed by atoms with van der Waals surface area (Å²) in [6.07, 6.45) is 7.15. The molecule has 1 saturated heterocycles. The van der Waals surface area contributed by atoms with E-state index in [1.807, 2.05) is 35.0 Å². The van der Waals surface area contributed by atoms with Gasteiger partial charge in [-0.25, -0.2) is 4.98 Å². The van der Waals surface area contributed by atoms with E-state index < -0.39 is 0 Å². The van der Waals surface area contributed by atoms with Crippen molar-refractivity contribution < 1.29 is 9.53 Å². The summed E-state index contributed by atoms with van der Waals surface area (Å²) in [5.74, 6) is 0.389. The highest BCUT2D eigenvalue weighted by molar-refractivity contribution is 5.92. The molecule has 28 heavy (non-hydrogen) atoms. The Kier molecular flexibility index (Phi) is 5.58. The maximum absolute atomic E-state index is 12.3. The number of benzene rings is 1. The normalized spacial score (nSPS) is 14.6. The summed E-state index contributed by atoms with van der Waals surface area (Å²) in [7, 11) is 0. The number of carbonyl (C=O) groups is 1. The van der Waals surface area contributed by atoms with E-state index in [0.29, 0.717) is 24.7 Å². The highest BCUT2D eigenvalue weighted by Crippen LogP contribution is 2.16. The number of carbonyl (C=O) groups excluding carboxylic acids is 1. The van der Waals surface area contributed by atoms with E-state index in [1.54, 1.807) is 24.7 Å². The molecule has 8 heteroatoms. The molecule has 1 fully saturated rings. The Morgan fingerprint density at radius 2 is 1.93 bits per heavy atom. The molecule has 0 bridgehead atoms. The van der Waals surface area contributed by atoms with Crippen LogP contribution in [-0.2, 0) is 11.3 Å². The van der Waals surface area contributed by atoms with E-state index in [9.17, 15) is 4.79 Å². The summed E-state index contributed by atoms with van der Waals surface area (Å²) in [5.41, 5.74) is 2.39. The number of ether oxygens (including phenoxy) is 1. The summed E-state index contributed by atoms with van der Waals surface area (Å²) < 4.78 is 7.31. The molecule has 0 atom stereocenters. The Hall–Kier alpha value is -3.26. The average Bonchev–Trinajstić information content (AvgIpc) is 3.24.